The summed E-state index contributed by atoms with van der Waals surface area (Å²) in [6.07, 6.45) is 4.61. The fourth-order valence-electron chi connectivity index (χ4n) is 1.70. The third kappa shape index (κ3) is 2.85. The molecule has 2 heteroatoms. The lowest BCUT2D eigenvalue weighted by atomic mass is 10.00. The zero-order valence-corrected chi connectivity index (χ0v) is 9.85. The smallest absolute Gasteiger partial charge is 0.134 e. The van der Waals surface area contributed by atoms with Crippen molar-refractivity contribution < 1.29 is 4.79 Å². The molecule has 1 aliphatic carbocycles. The number of hydrogen-bond acceptors (Lipinski definition) is 2. The molecule has 80 valence electrons. The van der Waals surface area contributed by atoms with Gasteiger partial charge in [-0.05, 0) is 31.4 Å². The number of carbonyl (C=O) groups excluding carboxylic acids is 1. The Labute approximate surface area is 95.3 Å². The molecule has 1 saturated carbocycles. The van der Waals surface area contributed by atoms with Crippen LogP contribution in [0.2, 0.25) is 0 Å². The van der Waals surface area contributed by atoms with Crippen LogP contribution in [0, 0.1) is 0 Å². The molecule has 1 aliphatic rings. The van der Waals surface area contributed by atoms with Crippen molar-refractivity contribution in [2.24, 2.45) is 0 Å². The highest BCUT2D eigenvalue weighted by atomic mass is 32.2. The lowest BCUT2D eigenvalue weighted by Crippen LogP contribution is -2.13. The zero-order valence-electron chi connectivity index (χ0n) is 9.03. The second-order valence-electron chi connectivity index (χ2n) is 4.16. The van der Waals surface area contributed by atoms with Crippen LogP contribution in [0.4, 0.5) is 0 Å². The number of benzene rings is 1. The average molecular weight is 220 g/mol. The monoisotopic (exact) mass is 220 g/mol. The summed E-state index contributed by atoms with van der Waals surface area (Å²) in [6, 6.07) is 8.29. The van der Waals surface area contributed by atoms with E-state index in [0.29, 0.717) is 6.42 Å². The van der Waals surface area contributed by atoms with Crippen LogP contribution in [0.5, 0.6) is 0 Å². The van der Waals surface area contributed by atoms with Gasteiger partial charge in [-0.3, -0.25) is 4.79 Å². The molecule has 0 aliphatic heterocycles. The molecule has 0 atom stereocenters. The van der Waals surface area contributed by atoms with Gasteiger partial charge in [0.05, 0.1) is 0 Å². The maximum atomic E-state index is 11.1. The summed E-state index contributed by atoms with van der Waals surface area (Å²) in [5.74, 6) is 0.247. The number of ketones is 1. The van der Waals surface area contributed by atoms with Crippen molar-refractivity contribution in [2.45, 2.75) is 42.8 Å². The van der Waals surface area contributed by atoms with Gasteiger partial charge in [-0.15, -0.1) is 11.8 Å². The predicted octanol–water partition coefficient (Wildman–Crippen LogP) is 3.46. The first kappa shape index (κ1) is 10.7. The average Bonchev–Trinajstić information content (AvgIpc) is 2.13. The van der Waals surface area contributed by atoms with Crippen LogP contribution in [0.1, 0.15) is 31.7 Å². The van der Waals surface area contributed by atoms with E-state index < -0.39 is 0 Å². The minimum absolute atomic E-state index is 0.247. The Morgan fingerprint density at radius 1 is 1.40 bits per heavy atom. The van der Waals surface area contributed by atoms with Crippen molar-refractivity contribution in [3.05, 3.63) is 29.8 Å². The molecular formula is C13H16OS. The molecule has 1 fully saturated rings. The number of hydrogen-bond donors (Lipinski definition) is 0. The number of rotatable bonds is 4. The topological polar surface area (TPSA) is 17.1 Å². The second-order valence-corrected chi connectivity index (χ2v) is 5.50. The van der Waals surface area contributed by atoms with Gasteiger partial charge in [0.1, 0.15) is 5.78 Å². The van der Waals surface area contributed by atoms with Gasteiger partial charge < -0.3 is 0 Å². The van der Waals surface area contributed by atoms with E-state index in [4.69, 9.17) is 0 Å². The maximum absolute atomic E-state index is 11.1. The lowest BCUT2D eigenvalue weighted by Gasteiger charge is -2.25. The van der Waals surface area contributed by atoms with Crippen LogP contribution in [0.3, 0.4) is 0 Å². The summed E-state index contributed by atoms with van der Waals surface area (Å²) in [7, 11) is 0. The van der Waals surface area contributed by atoms with Gasteiger partial charge >= 0.3 is 0 Å². The van der Waals surface area contributed by atoms with E-state index in [9.17, 15) is 4.79 Å². The highest BCUT2D eigenvalue weighted by Crippen LogP contribution is 2.37. The maximum Gasteiger partial charge on any atom is 0.134 e. The Kier molecular flexibility index (Phi) is 3.47. The molecule has 0 bridgehead atoms. The van der Waals surface area contributed by atoms with Crippen molar-refractivity contribution in [1.29, 1.82) is 0 Å². The molecule has 1 aromatic rings. The molecule has 2 rings (SSSR count). The Hall–Kier alpha value is -0.760. The Morgan fingerprint density at radius 3 is 2.73 bits per heavy atom. The molecule has 0 radical (unpaired) electrons. The first-order valence-corrected chi connectivity index (χ1v) is 6.37. The molecule has 1 aromatic carbocycles. The Balaban J connectivity index is 2.09. The van der Waals surface area contributed by atoms with Gasteiger partial charge in [0.25, 0.3) is 0 Å². The zero-order chi connectivity index (χ0) is 10.7. The van der Waals surface area contributed by atoms with Crippen molar-refractivity contribution in [3.63, 3.8) is 0 Å². The molecule has 0 aromatic heterocycles. The van der Waals surface area contributed by atoms with E-state index >= 15 is 0 Å². The van der Waals surface area contributed by atoms with Gasteiger partial charge in [0.2, 0.25) is 0 Å². The van der Waals surface area contributed by atoms with Crippen LogP contribution in [0.15, 0.2) is 29.2 Å². The number of Topliss-reactive ketones (excluding diaryl/α,β-unsaturated/α-hetero) is 1. The van der Waals surface area contributed by atoms with E-state index in [-0.39, 0.29) is 5.78 Å². The van der Waals surface area contributed by atoms with Crippen LogP contribution in [-0.4, -0.2) is 11.0 Å². The molecule has 0 saturated heterocycles. The quantitative estimate of drug-likeness (QED) is 0.773. The Bertz CT molecular complexity index is 355. The third-order valence-corrected chi connectivity index (χ3v) is 4.21. The highest BCUT2D eigenvalue weighted by molar-refractivity contribution is 8.00. The molecule has 0 unspecified atom stereocenters. The van der Waals surface area contributed by atoms with Gasteiger partial charge in [-0.1, -0.05) is 24.6 Å². The van der Waals surface area contributed by atoms with Gasteiger partial charge in [0, 0.05) is 16.6 Å². The molecule has 0 heterocycles. The fourth-order valence-corrected chi connectivity index (χ4v) is 3.08. The van der Waals surface area contributed by atoms with Crippen LogP contribution in [0.25, 0.3) is 0 Å². The minimum atomic E-state index is 0.247. The van der Waals surface area contributed by atoms with Crippen molar-refractivity contribution >= 4 is 17.5 Å². The molecule has 0 N–H and O–H groups in total. The predicted molar refractivity (Wildman–Crippen MR) is 64.3 cm³/mol. The second kappa shape index (κ2) is 4.84. The van der Waals surface area contributed by atoms with Crippen LogP contribution in [-0.2, 0) is 11.2 Å². The summed E-state index contributed by atoms with van der Waals surface area (Å²) < 4.78 is 0. The van der Waals surface area contributed by atoms with Crippen molar-refractivity contribution in [1.82, 2.24) is 0 Å². The standard InChI is InChI=1S/C13H16OS/c1-10(14)9-11-5-2-3-8-13(11)15-12-6-4-7-12/h2-3,5,8,12H,4,6-7,9H2,1H3. The summed E-state index contributed by atoms with van der Waals surface area (Å²) in [5, 5.41) is 0.790. The lowest BCUT2D eigenvalue weighted by molar-refractivity contribution is -0.116. The molecule has 15 heavy (non-hydrogen) atoms. The van der Waals surface area contributed by atoms with Crippen LogP contribution < -0.4 is 0 Å². The van der Waals surface area contributed by atoms with Crippen LogP contribution >= 0.6 is 11.8 Å². The summed E-state index contributed by atoms with van der Waals surface area (Å²) in [4.78, 5) is 12.4. The SMILES string of the molecule is CC(=O)Cc1ccccc1SC1CCC1. The number of thioether (sulfide) groups is 1. The first-order chi connectivity index (χ1) is 7.25. The van der Waals surface area contributed by atoms with Crippen molar-refractivity contribution in [2.75, 3.05) is 0 Å². The van der Waals surface area contributed by atoms with E-state index in [1.165, 1.54) is 29.7 Å². The molecular weight excluding hydrogens is 204 g/mol. The molecule has 0 amide bonds. The van der Waals surface area contributed by atoms with Gasteiger partial charge in [-0.2, -0.15) is 0 Å². The first-order valence-electron chi connectivity index (χ1n) is 5.49. The van der Waals surface area contributed by atoms with E-state index in [1.54, 1.807) is 6.92 Å². The largest absolute Gasteiger partial charge is 0.300 e. The molecule has 1 nitrogen and oxygen atoms in total. The van der Waals surface area contributed by atoms with Gasteiger partial charge in [-0.25, -0.2) is 0 Å². The Morgan fingerprint density at radius 2 is 2.13 bits per heavy atom. The van der Waals surface area contributed by atoms with E-state index in [1.807, 2.05) is 17.8 Å². The van der Waals surface area contributed by atoms with E-state index in [2.05, 4.69) is 18.2 Å². The minimum Gasteiger partial charge on any atom is -0.300 e. The summed E-state index contributed by atoms with van der Waals surface area (Å²) in [5.41, 5.74) is 1.20. The summed E-state index contributed by atoms with van der Waals surface area (Å²) >= 11 is 1.95. The normalized spacial score (nSPS) is 16.1. The third-order valence-electron chi connectivity index (χ3n) is 2.76. The van der Waals surface area contributed by atoms with Gasteiger partial charge in [0.15, 0.2) is 0 Å². The number of carbonyl (C=O) groups is 1. The fraction of sp³-hybridized carbons (Fsp3) is 0.462. The molecule has 0 spiro atoms. The van der Waals surface area contributed by atoms with E-state index in [0.717, 1.165) is 5.25 Å². The summed E-state index contributed by atoms with van der Waals surface area (Å²) in [6.45, 7) is 1.66. The van der Waals surface area contributed by atoms with Crippen molar-refractivity contribution in [3.8, 4) is 0 Å². The highest BCUT2D eigenvalue weighted by Gasteiger charge is 2.19.